The topological polar surface area (TPSA) is 43.4 Å². The minimum atomic E-state index is -0.0475. The van der Waals surface area contributed by atoms with Crippen LogP contribution in [0.5, 0.6) is 0 Å². The molecular weight excluding hydrogens is 156 g/mol. The number of ether oxygens (including phenoxy) is 1. The van der Waals surface area contributed by atoms with Gasteiger partial charge in [0.25, 0.3) is 6.47 Å². The highest BCUT2D eigenvalue weighted by Crippen LogP contribution is 2.28. The highest BCUT2D eigenvalue weighted by atomic mass is 16.5. The van der Waals surface area contributed by atoms with Gasteiger partial charge < -0.3 is 9.53 Å². The lowest BCUT2D eigenvalue weighted by Crippen LogP contribution is -2.12. The zero-order valence-corrected chi connectivity index (χ0v) is 7.08. The molecule has 0 aliphatic heterocycles. The Labute approximate surface area is 71.4 Å². The summed E-state index contributed by atoms with van der Waals surface area (Å²) in [7, 11) is 0. The molecule has 0 amide bonds. The summed E-state index contributed by atoms with van der Waals surface area (Å²) < 4.78 is 4.77. The fraction of sp³-hybridized carbons (Fsp3) is 0.556. The molecule has 0 fully saturated rings. The number of allylic oxidation sites excluding steroid dienone is 2. The van der Waals surface area contributed by atoms with Crippen molar-refractivity contribution in [3.63, 3.8) is 0 Å². The third-order valence-corrected chi connectivity index (χ3v) is 2.27. The molecule has 0 aromatic carbocycles. The van der Waals surface area contributed by atoms with E-state index in [1.54, 1.807) is 0 Å². The van der Waals surface area contributed by atoms with Gasteiger partial charge in [0.15, 0.2) is 0 Å². The second-order valence-corrected chi connectivity index (χ2v) is 2.96. The monoisotopic (exact) mass is 168 g/mol. The number of carbonyl (C=O) groups excluding carboxylic acids is 2. The van der Waals surface area contributed by atoms with Gasteiger partial charge in [-0.1, -0.05) is 0 Å². The Balaban J connectivity index is 2.78. The minimum Gasteiger partial charge on any atom is -0.433 e. The summed E-state index contributed by atoms with van der Waals surface area (Å²) in [5.74, 6) is 0.627. The molecule has 1 unspecified atom stereocenters. The summed E-state index contributed by atoms with van der Waals surface area (Å²) in [6, 6.07) is 0. The smallest absolute Gasteiger partial charge is 0.298 e. The van der Waals surface area contributed by atoms with Crippen molar-refractivity contribution >= 4 is 12.8 Å². The van der Waals surface area contributed by atoms with Gasteiger partial charge in [-0.05, 0) is 25.3 Å². The lowest BCUT2D eigenvalue weighted by molar-refractivity contribution is -0.125. The van der Waals surface area contributed by atoms with Crippen LogP contribution in [0, 0.1) is 5.92 Å². The maximum Gasteiger partial charge on any atom is 0.298 e. The van der Waals surface area contributed by atoms with Crippen LogP contribution in [-0.4, -0.2) is 12.8 Å². The fourth-order valence-corrected chi connectivity index (χ4v) is 1.48. The number of rotatable bonds is 3. The molecule has 1 aliphatic rings. The number of hydrogen-bond acceptors (Lipinski definition) is 3. The van der Waals surface area contributed by atoms with Crippen molar-refractivity contribution in [2.24, 2.45) is 5.92 Å². The second kappa shape index (κ2) is 4.04. The normalized spacial score (nSPS) is 23.6. The van der Waals surface area contributed by atoms with Gasteiger partial charge in [0, 0.05) is 12.3 Å². The Bertz CT molecular complexity index is 218. The van der Waals surface area contributed by atoms with E-state index in [2.05, 4.69) is 0 Å². The molecule has 0 N–H and O–H groups in total. The van der Waals surface area contributed by atoms with Crippen molar-refractivity contribution in [2.75, 3.05) is 0 Å². The molecular formula is C9H12O3. The summed E-state index contributed by atoms with van der Waals surface area (Å²) in [6.45, 7) is 2.27. The van der Waals surface area contributed by atoms with Crippen LogP contribution in [0.1, 0.15) is 26.2 Å². The first-order valence-corrected chi connectivity index (χ1v) is 4.05. The van der Waals surface area contributed by atoms with E-state index in [4.69, 9.17) is 4.74 Å². The zero-order valence-electron chi connectivity index (χ0n) is 7.08. The van der Waals surface area contributed by atoms with Gasteiger partial charge >= 0.3 is 0 Å². The van der Waals surface area contributed by atoms with Crippen molar-refractivity contribution in [1.29, 1.82) is 0 Å². The predicted molar refractivity (Wildman–Crippen MR) is 43.3 cm³/mol. The van der Waals surface area contributed by atoms with Crippen LogP contribution in [0.4, 0.5) is 0 Å². The molecule has 0 saturated heterocycles. The molecule has 0 bridgehead atoms. The average molecular weight is 168 g/mol. The predicted octanol–water partition coefficient (Wildman–Crippen LogP) is 1.43. The van der Waals surface area contributed by atoms with Crippen LogP contribution < -0.4 is 0 Å². The summed E-state index contributed by atoms with van der Waals surface area (Å²) in [5, 5.41) is 0. The van der Waals surface area contributed by atoms with E-state index in [1.165, 1.54) is 0 Å². The molecule has 66 valence electrons. The Morgan fingerprint density at radius 2 is 2.25 bits per heavy atom. The van der Waals surface area contributed by atoms with Crippen LogP contribution in [0.25, 0.3) is 0 Å². The van der Waals surface area contributed by atoms with Crippen LogP contribution >= 0.6 is 0 Å². The van der Waals surface area contributed by atoms with Crippen molar-refractivity contribution in [2.45, 2.75) is 26.2 Å². The van der Waals surface area contributed by atoms with E-state index in [0.29, 0.717) is 12.2 Å². The molecule has 12 heavy (non-hydrogen) atoms. The van der Waals surface area contributed by atoms with Gasteiger partial charge in [-0.3, -0.25) is 4.79 Å². The van der Waals surface area contributed by atoms with Gasteiger partial charge in [0.05, 0.1) is 0 Å². The van der Waals surface area contributed by atoms with Gasteiger partial charge in [-0.25, -0.2) is 0 Å². The third-order valence-electron chi connectivity index (χ3n) is 2.27. The molecule has 0 saturated carbocycles. The van der Waals surface area contributed by atoms with E-state index >= 15 is 0 Å². The Kier molecular flexibility index (Phi) is 3.02. The molecule has 0 radical (unpaired) electrons. The molecule has 0 aromatic heterocycles. The summed E-state index contributed by atoms with van der Waals surface area (Å²) in [6.07, 6.45) is 3.49. The second-order valence-electron chi connectivity index (χ2n) is 2.96. The maximum atomic E-state index is 10.5. The lowest BCUT2D eigenvalue weighted by Gasteiger charge is -2.20. The highest BCUT2D eigenvalue weighted by molar-refractivity contribution is 5.59. The molecule has 3 nitrogen and oxygen atoms in total. The molecule has 1 rings (SSSR count). The molecule has 0 aromatic rings. The van der Waals surface area contributed by atoms with Crippen LogP contribution in [0.2, 0.25) is 0 Å². The largest absolute Gasteiger partial charge is 0.433 e. The molecule has 0 heterocycles. The zero-order chi connectivity index (χ0) is 8.97. The van der Waals surface area contributed by atoms with Gasteiger partial charge in [-0.2, -0.15) is 0 Å². The first kappa shape index (κ1) is 8.97. The third kappa shape index (κ3) is 1.72. The lowest BCUT2D eigenvalue weighted by atomic mass is 9.88. The fourth-order valence-electron chi connectivity index (χ4n) is 1.48. The standard InChI is InChI=1S/C9H12O3/c1-7-8(5-10)3-2-4-9(7)12-6-11/h5-6,8H,2-4H2,1H3. The van der Waals surface area contributed by atoms with Crippen LogP contribution in [0.3, 0.4) is 0 Å². The van der Waals surface area contributed by atoms with E-state index in [9.17, 15) is 9.59 Å². The van der Waals surface area contributed by atoms with E-state index in [1.807, 2.05) is 6.92 Å². The van der Waals surface area contributed by atoms with Crippen molar-refractivity contribution in [1.82, 2.24) is 0 Å². The van der Waals surface area contributed by atoms with Crippen molar-refractivity contribution in [3.8, 4) is 0 Å². The first-order chi connectivity index (χ1) is 5.79. The Morgan fingerprint density at radius 3 is 2.83 bits per heavy atom. The number of carbonyl (C=O) groups is 2. The van der Waals surface area contributed by atoms with Crippen LogP contribution in [-0.2, 0) is 14.3 Å². The van der Waals surface area contributed by atoms with Gasteiger partial charge in [-0.15, -0.1) is 0 Å². The molecule has 3 heteroatoms. The number of hydrogen-bond donors (Lipinski definition) is 0. The minimum absolute atomic E-state index is 0.0475. The summed E-state index contributed by atoms with van der Waals surface area (Å²) in [5.41, 5.74) is 0.906. The SMILES string of the molecule is CC1=C(OC=O)CCCC1C=O. The Hall–Kier alpha value is -1.12. The van der Waals surface area contributed by atoms with Crippen molar-refractivity contribution < 1.29 is 14.3 Å². The quantitative estimate of drug-likeness (QED) is 0.599. The van der Waals surface area contributed by atoms with Gasteiger partial charge in [0.1, 0.15) is 12.0 Å². The maximum absolute atomic E-state index is 10.5. The summed E-state index contributed by atoms with van der Waals surface area (Å²) in [4.78, 5) is 20.6. The van der Waals surface area contributed by atoms with Crippen molar-refractivity contribution in [3.05, 3.63) is 11.3 Å². The van der Waals surface area contributed by atoms with Crippen LogP contribution in [0.15, 0.2) is 11.3 Å². The van der Waals surface area contributed by atoms with E-state index in [-0.39, 0.29) is 5.92 Å². The van der Waals surface area contributed by atoms with E-state index in [0.717, 1.165) is 31.1 Å². The Morgan fingerprint density at radius 1 is 1.50 bits per heavy atom. The average Bonchev–Trinajstić information content (AvgIpc) is 2.09. The highest BCUT2D eigenvalue weighted by Gasteiger charge is 2.20. The van der Waals surface area contributed by atoms with E-state index < -0.39 is 0 Å². The van der Waals surface area contributed by atoms with Gasteiger partial charge in [0.2, 0.25) is 0 Å². The number of aldehydes is 1. The first-order valence-electron chi connectivity index (χ1n) is 4.05. The molecule has 1 aliphatic carbocycles. The molecule has 1 atom stereocenters. The molecule has 0 spiro atoms. The summed E-state index contributed by atoms with van der Waals surface area (Å²) >= 11 is 0.